The highest BCUT2D eigenvalue weighted by Gasteiger charge is 2.19. The molecule has 150 valence electrons. The number of aryl methyl sites for hydroxylation is 1. The molecule has 0 radical (unpaired) electrons. The number of amides is 1. The number of halogens is 1. The maximum Gasteiger partial charge on any atom is 0.255 e. The maximum atomic E-state index is 12.5. The number of benzene rings is 3. The molecule has 1 N–H and O–H groups in total. The first-order valence-corrected chi connectivity index (χ1v) is 11.6. The molecule has 3 aromatic carbocycles. The second-order valence-electron chi connectivity index (χ2n) is 6.68. The summed E-state index contributed by atoms with van der Waals surface area (Å²) in [6.45, 7) is 2.18. The number of para-hydroxylation sites is 1. The summed E-state index contributed by atoms with van der Waals surface area (Å²) in [6, 6.07) is 21.5. The summed E-state index contributed by atoms with van der Waals surface area (Å²) in [7, 11) is -3.49. The van der Waals surface area contributed by atoms with Gasteiger partial charge in [0.2, 0.25) is 10.0 Å². The van der Waals surface area contributed by atoms with Gasteiger partial charge in [0.15, 0.2) is 0 Å². The summed E-state index contributed by atoms with van der Waals surface area (Å²) in [5.41, 5.74) is 3.56. The molecule has 1 amide bonds. The van der Waals surface area contributed by atoms with Gasteiger partial charge in [0, 0.05) is 10.0 Å². The van der Waals surface area contributed by atoms with Gasteiger partial charge < -0.3 is 5.32 Å². The Bertz CT molecular complexity index is 1130. The van der Waals surface area contributed by atoms with E-state index in [0.29, 0.717) is 16.9 Å². The van der Waals surface area contributed by atoms with E-state index in [-0.39, 0.29) is 12.5 Å². The minimum Gasteiger partial charge on any atom is -0.321 e. The van der Waals surface area contributed by atoms with Crippen LogP contribution in [0.1, 0.15) is 21.5 Å². The summed E-state index contributed by atoms with van der Waals surface area (Å²) < 4.78 is 26.9. The van der Waals surface area contributed by atoms with Crippen LogP contribution in [0.4, 0.5) is 11.4 Å². The van der Waals surface area contributed by atoms with Crippen molar-refractivity contribution < 1.29 is 13.2 Å². The van der Waals surface area contributed by atoms with Gasteiger partial charge in [-0.05, 0) is 70.4 Å². The van der Waals surface area contributed by atoms with Gasteiger partial charge in [-0.25, -0.2) is 8.42 Å². The van der Waals surface area contributed by atoms with Gasteiger partial charge in [-0.15, -0.1) is 0 Å². The van der Waals surface area contributed by atoms with Gasteiger partial charge >= 0.3 is 0 Å². The van der Waals surface area contributed by atoms with Gasteiger partial charge in [0.05, 0.1) is 24.2 Å². The lowest BCUT2D eigenvalue weighted by Gasteiger charge is -2.23. The van der Waals surface area contributed by atoms with Crippen molar-refractivity contribution in [1.82, 2.24) is 0 Å². The Hall–Kier alpha value is -2.64. The summed E-state index contributed by atoms with van der Waals surface area (Å²) in [5.74, 6) is -0.270. The van der Waals surface area contributed by atoms with Crippen molar-refractivity contribution in [2.75, 3.05) is 15.9 Å². The molecule has 0 aliphatic carbocycles. The van der Waals surface area contributed by atoms with Crippen molar-refractivity contribution in [3.8, 4) is 0 Å². The van der Waals surface area contributed by atoms with Gasteiger partial charge in [-0.1, -0.05) is 36.4 Å². The van der Waals surface area contributed by atoms with Crippen molar-refractivity contribution in [2.45, 2.75) is 13.5 Å². The van der Waals surface area contributed by atoms with Gasteiger partial charge in [-0.2, -0.15) is 0 Å². The van der Waals surface area contributed by atoms with Crippen LogP contribution in [0, 0.1) is 6.92 Å². The van der Waals surface area contributed by atoms with E-state index in [0.717, 1.165) is 15.6 Å². The summed E-state index contributed by atoms with van der Waals surface area (Å²) in [6.07, 6.45) is 1.18. The standard InChI is InChI=1S/C22H21BrN2O3S/c1-16-7-3-4-8-18(16)15-25(29(2,27)28)19-13-11-17(12-14-19)22(26)24-21-10-6-5-9-20(21)23/h3-14H,15H2,1-2H3,(H,24,26). The van der Waals surface area contributed by atoms with E-state index >= 15 is 0 Å². The van der Waals surface area contributed by atoms with Crippen molar-refractivity contribution >= 4 is 43.2 Å². The molecule has 0 spiro atoms. The molecule has 0 heterocycles. The van der Waals surface area contributed by atoms with Crippen LogP contribution in [0.15, 0.2) is 77.3 Å². The molecule has 0 fully saturated rings. The number of carbonyl (C=O) groups is 1. The normalized spacial score (nSPS) is 11.1. The van der Waals surface area contributed by atoms with Crippen LogP contribution in [0.2, 0.25) is 0 Å². The number of nitrogens with zero attached hydrogens (tertiary/aromatic N) is 1. The van der Waals surface area contributed by atoms with Crippen LogP contribution in [0.5, 0.6) is 0 Å². The van der Waals surface area contributed by atoms with Gasteiger partial charge in [-0.3, -0.25) is 9.10 Å². The van der Waals surface area contributed by atoms with E-state index in [1.165, 1.54) is 10.6 Å². The van der Waals surface area contributed by atoms with Crippen molar-refractivity contribution in [1.29, 1.82) is 0 Å². The van der Waals surface area contributed by atoms with Crippen molar-refractivity contribution in [3.05, 3.63) is 94.0 Å². The van der Waals surface area contributed by atoms with Crippen LogP contribution in [0.3, 0.4) is 0 Å². The SMILES string of the molecule is Cc1ccccc1CN(c1ccc(C(=O)Nc2ccccc2Br)cc1)S(C)(=O)=O. The number of rotatable bonds is 6. The van der Waals surface area contributed by atoms with Crippen LogP contribution >= 0.6 is 15.9 Å². The molecule has 0 aromatic heterocycles. The van der Waals surface area contributed by atoms with Crippen LogP contribution in [0.25, 0.3) is 0 Å². The predicted octanol–water partition coefficient (Wildman–Crippen LogP) is 4.98. The lowest BCUT2D eigenvalue weighted by Crippen LogP contribution is -2.29. The Labute approximate surface area is 179 Å². The summed E-state index contributed by atoms with van der Waals surface area (Å²) in [4.78, 5) is 12.5. The lowest BCUT2D eigenvalue weighted by molar-refractivity contribution is 0.102. The molecule has 3 rings (SSSR count). The molecule has 29 heavy (non-hydrogen) atoms. The Morgan fingerprint density at radius 3 is 2.21 bits per heavy atom. The third-order valence-electron chi connectivity index (χ3n) is 4.52. The Balaban J connectivity index is 1.83. The average molecular weight is 473 g/mol. The molecule has 0 aliphatic rings. The Morgan fingerprint density at radius 2 is 1.59 bits per heavy atom. The fraction of sp³-hybridized carbons (Fsp3) is 0.136. The van der Waals surface area contributed by atoms with Gasteiger partial charge in [0.25, 0.3) is 5.91 Å². The Kier molecular flexibility index (Phi) is 6.39. The first-order chi connectivity index (χ1) is 13.8. The molecule has 5 nitrogen and oxygen atoms in total. The van der Waals surface area contributed by atoms with E-state index in [9.17, 15) is 13.2 Å². The topological polar surface area (TPSA) is 66.5 Å². The fourth-order valence-corrected chi connectivity index (χ4v) is 4.14. The zero-order chi connectivity index (χ0) is 21.0. The average Bonchev–Trinajstić information content (AvgIpc) is 2.68. The van der Waals surface area contributed by atoms with Crippen molar-refractivity contribution in [2.24, 2.45) is 0 Å². The van der Waals surface area contributed by atoms with E-state index in [4.69, 9.17) is 0 Å². The third-order valence-corrected chi connectivity index (χ3v) is 6.35. The zero-order valence-electron chi connectivity index (χ0n) is 16.1. The molecule has 0 unspecified atom stereocenters. The number of carbonyl (C=O) groups excluding carboxylic acids is 1. The lowest BCUT2D eigenvalue weighted by atomic mass is 10.1. The summed E-state index contributed by atoms with van der Waals surface area (Å²) >= 11 is 3.40. The number of hydrogen-bond acceptors (Lipinski definition) is 3. The van der Waals surface area contributed by atoms with E-state index < -0.39 is 10.0 Å². The monoisotopic (exact) mass is 472 g/mol. The quantitative estimate of drug-likeness (QED) is 0.550. The largest absolute Gasteiger partial charge is 0.321 e. The first kappa shape index (κ1) is 21.1. The van der Waals surface area contributed by atoms with E-state index in [1.807, 2.05) is 49.4 Å². The third kappa shape index (κ3) is 5.25. The minimum absolute atomic E-state index is 0.230. The van der Waals surface area contributed by atoms with Gasteiger partial charge in [0.1, 0.15) is 0 Å². The van der Waals surface area contributed by atoms with Crippen LogP contribution in [-0.4, -0.2) is 20.6 Å². The summed E-state index contributed by atoms with van der Waals surface area (Å²) in [5, 5.41) is 2.84. The zero-order valence-corrected chi connectivity index (χ0v) is 18.5. The Morgan fingerprint density at radius 1 is 0.966 bits per heavy atom. The number of nitrogens with one attached hydrogen (secondary N) is 1. The number of anilines is 2. The van der Waals surface area contributed by atoms with Crippen molar-refractivity contribution in [3.63, 3.8) is 0 Å². The van der Waals surface area contributed by atoms with E-state index in [1.54, 1.807) is 30.3 Å². The highest BCUT2D eigenvalue weighted by atomic mass is 79.9. The fourth-order valence-electron chi connectivity index (χ4n) is 2.88. The number of sulfonamides is 1. The smallest absolute Gasteiger partial charge is 0.255 e. The van der Waals surface area contributed by atoms with E-state index in [2.05, 4.69) is 21.2 Å². The predicted molar refractivity (Wildman–Crippen MR) is 121 cm³/mol. The maximum absolute atomic E-state index is 12.5. The second kappa shape index (κ2) is 8.80. The highest BCUT2D eigenvalue weighted by molar-refractivity contribution is 9.10. The molecule has 0 aliphatic heterocycles. The molecular formula is C22H21BrN2O3S. The van der Waals surface area contributed by atoms with Crippen LogP contribution in [-0.2, 0) is 16.6 Å². The molecular weight excluding hydrogens is 452 g/mol. The molecule has 0 saturated carbocycles. The number of hydrogen-bond donors (Lipinski definition) is 1. The minimum atomic E-state index is -3.49. The molecule has 0 saturated heterocycles. The molecule has 7 heteroatoms. The van der Waals surface area contributed by atoms with Crippen LogP contribution < -0.4 is 9.62 Å². The highest BCUT2D eigenvalue weighted by Crippen LogP contribution is 2.24. The second-order valence-corrected chi connectivity index (χ2v) is 9.44. The first-order valence-electron chi connectivity index (χ1n) is 8.94. The molecule has 0 bridgehead atoms. The molecule has 0 atom stereocenters. The molecule has 3 aromatic rings.